The van der Waals surface area contributed by atoms with Crippen molar-refractivity contribution in [1.29, 1.82) is 0 Å². The van der Waals surface area contributed by atoms with Gasteiger partial charge in [0, 0.05) is 78.1 Å². The summed E-state index contributed by atoms with van der Waals surface area (Å²) in [6, 6.07) is 15.0. The minimum absolute atomic E-state index is 0.196. The number of anilines is 6. The third-order valence-corrected chi connectivity index (χ3v) is 10.6. The van der Waals surface area contributed by atoms with Crippen LogP contribution in [-0.4, -0.2) is 120 Å². The van der Waals surface area contributed by atoms with Crippen LogP contribution in [0.15, 0.2) is 60.9 Å². The molecule has 6 aromatic heterocycles. The number of ether oxygens (including phenoxy) is 2. The van der Waals surface area contributed by atoms with Crippen molar-refractivity contribution in [3.63, 3.8) is 0 Å². The summed E-state index contributed by atoms with van der Waals surface area (Å²) in [6.07, 6.45) is 6.98. The molecule has 7 aromatic rings. The van der Waals surface area contributed by atoms with Crippen LogP contribution in [0.3, 0.4) is 0 Å². The van der Waals surface area contributed by atoms with Crippen LogP contribution in [0.4, 0.5) is 34.6 Å². The van der Waals surface area contributed by atoms with Gasteiger partial charge in [-0.25, -0.2) is 23.8 Å². The van der Waals surface area contributed by atoms with Crippen molar-refractivity contribution in [3.05, 3.63) is 89.3 Å². The summed E-state index contributed by atoms with van der Waals surface area (Å²) < 4.78 is 16.0. The molecule has 1 aromatic carbocycles. The monoisotopic (exact) mass is 887 g/mol. The lowest BCUT2D eigenvalue weighted by Gasteiger charge is -2.21. The fraction of sp³-hybridized carbons (Fsp3) is 0.333. The second-order valence-electron chi connectivity index (χ2n) is 15.5. The molecule has 2 aliphatic carbocycles. The van der Waals surface area contributed by atoms with Gasteiger partial charge in [0.2, 0.25) is 0 Å². The fourth-order valence-electron chi connectivity index (χ4n) is 6.84. The normalized spacial score (nSPS) is 13.1. The maximum Gasteiger partial charge on any atom is 0.356 e. The molecular formula is C42H49N17O6. The van der Waals surface area contributed by atoms with E-state index >= 15 is 0 Å². The average molecular weight is 888 g/mol. The van der Waals surface area contributed by atoms with E-state index in [9.17, 15) is 19.2 Å². The Hall–Kier alpha value is -8.24. The highest BCUT2D eigenvalue weighted by Crippen LogP contribution is 2.29. The molecule has 3 amide bonds. The summed E-state index contributed by atoms with van der Waals surface area (Å²) in [4.78, 5) is 60.1. The molecule has 23 nitrogen and oxygen atoms in total. The largest absolute Gasteiger partial charge is 0.497 e. The van der Waals surface area contributed by atoms with Gasteiger partial charge < -0.3 is 46.3 Å². The maximum atomic E-state index is 12.9. The van der Waals surface area contributed by atoms with Crippen molar-refractivity contribution in [2.24, 2.45) is 14.1 Å². The summed E-state index contributed by atoms with van der Waals surface area (Å²) >= 11 is 0. The van der Waals surface area contributed by atoms with Crippen LogP contribution in [0.25, 0.3) is 11.3 Å². The van der Waals surface area contributed by atoms with Crippen LogP contribution < -0.4 is 41.5 Å². The highest BCUT2D eigenvalue weighted by Gasteiger charge is 2.28. The molecule has 0 atom stereocenters. The molecule has 0 bridgehead atoms. The molecule has 6 heterocycles. The van der Waals surface area contributed by atoms with Gasteiger partial charge in [0.1, 0.15) is 17.1 Å². The fourth-order valence-corrected chi connectivity index (χ4v) is 6.84. The number of nitrogens with zero attached hydrogens (tertiary/aromatic N) is 11. The molecule has 338 valence electrons. The first-order valence-electron chi connectivity index (χ1n) is 20.7. The zero-order valence-corrected chi connectivity index (χ0v) is 36.8. The summed E-state index contributed by atoms with van der Waals surface area (Å²) in [7, 11) is 11.6. The van der Waals surface area contributed by atoms with Crippen LogP contribution in [0.2, 0.25) is 0 Å². The molecule has 0 spiro atoms. The Kier molecular flexibility index (Phi) is 12.2. The SMILES string of the molecule is CNC(=O)c1cc(Nc2cc(NC)c3ncc(C(=O)NC4CC4)n3n2)nn1C.COC(=O)c1cc(Nc2cc(N(C)Cc3ccc(OC)cc3)c3ncc(C(=O)NC4CC4)n3n2)nn1C. The zero-order valence-electron chi connectivity index (χ0n) is 36.8. The summed E-state index contributed by atoms with van der Waals surface area (Å²) in [5.74, 6) is 1.35. The average Bonchev–Trinajstić information content (AvgIpc) is 4.11. The Balaban J connectivity index is 0.000000184. The number of carbonyl (C=O) groups is 4. The molecule has 65 heavy (non-hydrogen) atoms. The number of fused-ring (bicyclic) bond motifs is 2. The van der Waals surface area contributed by atoms with E-state index in [1.165, 1.54) is 37.9 Å². The van der Waals surface area contributed by atoms with Crippen LogP contribution in [0.5, 0.6) is 5.75 Å². The van der Waals surface area contributed by atoms with E-state index in [2.05, 4.69) is 62.3 Å². The summed E-state index contributed by atoms with van der Waals surface area (Å²) in [6.45, 7) is 0.579. The first kappa shape index (κ1) is 43.4. The van der Waals surface area contributed by atoms with Gasteiger partial charge >= 0.3 is 5.97 Å². The van der Waals surface area contributed by atoms with Crippen molar-refractivity contribution in [3.8, 4) is 5.75 Å². The standard InChI is InChI=1S/C25H28N8O4.C17H21N9O2/c1-31(14-15-5-9-17(36-3)10-6-15)18-11-22(28-21-12-19(25(35)37-4)32(2)29-21)30-33-20(13-26-23(18)33)24(34)27-16-7-8-16;1-18-10-6-13(22-14-7-11(16(27)19-2)25(3)23-14)24-26-12(8-20-15(10)26)17(28)21-9-4-5-9/h5-6,9-13,16H,7-8,14H2,1-4H3,(H,27,34)(H,28,29,30);6-9,18H,4-5H2,1-3H3,(H,19,27)(H,21,28)(H,22,23,24). The first-order valence-corrected chi connectivity index (χ1v) is 20.7. The van der Waals surface area contributed by atoms with E-state index < -0.39 is 5.97 Å². The van der Waals surface area contributed by atoms with E-state index in [0.29, 0.717) is 63.9 Å². The summed E-state index contributed by atoms with van der Waals surface area (Å²) in [5.41, 5.74) is 4.99. The van der Waals surface area contributed by atoms with E-state index in [0.717, 1.165) is 42.7 Å². The number of carbonyl (C=O) groups excluding carboxylic acids is 4. The van der Waals surface area contributed by atoms with Gasteiger partial charge in [0.05, 0.1) is 38.0 Å². The van der Waals surface area contributed by atoms with Gasteiger partial charge in [-0.3, -0.25) is 23.7 Å². The third-order valence-electron chi connectivity index (χ3n) is 10.6. The minimum atomic E-state index is -0.500. The Labute approximate surface area is 371 Å². The minimum Gasteiger partial charge on any atom is -0.497 e. The predicted octanol–water partition coefficient (Wildman–Crippen LogP) is 3.03. The van der Waals surface area contributed by atoms with Gasteiger partial charge in [-0.2, -0.15) is 10.2 Å². The van der Waals surface area contributed by atoms with E-state index in [1.807, 2.05) is 42.3 Å². The first-order chi connectivity index (χ1) is 31.3. The lowest BCUT2D eigenvalue weighted by molar-refractivity contribution is 0.0587. The highest BCUT2D eigenvalue weighted by molar-refractivity contribution is 5.96. The van der Waals surface area contributed by atoms with Crippen LogP contribution >= 0.6 is 0 Å². The molecule has 6 N–H and O–H groups in total. The summed E-state index contributed by atoms with van der Waals surface area (Å²) in [5, 5.41) is 35.5. The zero-order chi connectivity index (χ0) is 45.9. The van der Waals surface area contributed by atoms with Crippen LogP contribution in [0.1, 0.15) is 73.2 Å². The number of benzene rings is 1. The van der Waals surface area contributed by atoms with Crippen LogP contribution in [-0.2, 0) is 25.4 Å². The Bertz CT molecular complexity index is 2910. The number of amides is 3. The quantitative estimate of drug-likeness (QED) is 0.0809. The van der Waals surface area contributed by atoms with E-state index in [4.69, 9.17) is 9.47 Å². The Morgan fingerprint density at radius 2 is 1.20 bits per heavy atom. The molecule has 2 aliphatic rings. The topological polar surface area (TPSA) is 258 Å². The molecule has 0 unspecified atom stereocenters. The van der Waals surface area contributed by atoms with Gasteiger partial charge in [0.15, 0.2) is 46.0 Å². The number of nitrogens with one attached hydrogen (secondary N) is 6. The molecule has 0 saturated heterocycles. The Morgan fingerprint density at radius 1 is 0.677 bits per heavy atom. The molecular weight excluding hydrogens is 839 g/mol. The van der Waals surface area contributed by atoms with E-state index in [1.54, 1.807) is 53.5 Å². The van der Waals surface area contributed by atoms with Crippen LogP contribution in [0, 0.1) is 0 Å². The lowest BCUT2D eigenvalue weighted by Crippen LogP contribution is -2.27. The highest BCUT2D eigenvalue weighted by atomic mass is 16.5. The lowest BCUT2D eigenvalue weighted by atomic mass is 10.2. The molecule has 23 heteroatoms. The second-order valence-corrected chi connectivity index (χ2v) is 15.5. The van der Waals surface area contributed by atoms with Gasteiger partial charge in [-0.1, -0.05) is 12.1 Å². The number of esters is 1. The van der Waals surface area contributed by atoms with Gasteiger partial charge in [-0.05, 0) is 43.4 Å². The number of hydrogen-bond acceptors (Lipinski definition) is 16. The number of aromatic nitrogens is 10. The predicted molar refractivity (Wildman–Crippen MR) is 239 cm³/mol. The van der Waals surface area contributed by atoms with Crippen molar-refractivity contribution in [2.45, 2.75) is 44.3 Å². The molecule has 0 aliphatic heterocycles. The van der Waals surface area contributed by atoms with Gasteiger partial charge in [-0.15, -0.1) is 10.2 Å². The van der Waals surface area contributed by atoms with Gasteiger partial charge in [0.25, 0.3) is 17.7 Å². The molecule has 9 rings (SSSR count). The number of methoxy groups -OCH3 is 2. The Morgan fingerprint density at radius 3 is 1.74 bits per heavy atom. The number of hydrogen-bond donors (Lipinski definition) is 6. The molecule has 2 fully saturated rings. The van der Waals surface area contributed by atoms with Crippen molar-refractivity contribution in [2.75, 3.05) is 56.2 Å². The third kappa shape index (κ3) is 9.57. The van der Waals surface area contributed by atoms with E-state index in [-0.39, 0.29) is 35.5 Å². The smallest absolute Gasteiger partial charge is 0.356 e. The second kappa shape index (κ2) is 18.2. The number of imidazole rings is 2. The molecule has 2 saturated carbocycles. The number of rotatable bonds is 15. The maximum absolute atomic E-state index is 12.9. The number of aryl methyl sites for hydroxylation is 2. The van der Waals surface area contributed by atoms with Crippen molar-refractivity contribution >= 4 is 69.6 Å². The van der Waals surface area contributed by atoms with Crippen molar-refractivity contribution in [1.82, 2.24) is 64.7 Å². The van der Waals surface area contributed by atoms with Crippen molar-refractivity contribution < 1.29 is 28.7 Å². The molecule has 0 radical (unpaired) electrons.